The Balaban J connectivity index is 2.46. The second-order valence-corrected chi connectivity index (χ2v) is 4.14. The molecule has 0 fully saturated rings. The first-order valence-electron chi connectivity index (χ1n) is 5.81. The van der Waals surface area contributed by atoms with Gasteiger partial charge in [0.1, 0.15) is 0 Å². The van der Waals surface area contributed by atoms with E-state index < -0.39 is 12.6 Å². The van der Waals surface area contributed by atoms with Gasteiger partial charge in [0, 0.05) is 0 Å². The molecule has 18 heavy (non-hydrogen) atoms. The minimum absolute atomic E-state index is 0.0839. The Morgan fingerprint density at radius 2 is 1.94 bits per heavy atom. The third kappa shape index (κ3) is 5.06. The van der Waals surface area contributed by atoms with Gasteiger partial charge in [-0.3, -0.25) is 0 Å². The van der Waals surface area contributed by atoms with Gasteiger partial charge < -0.3 is 10.1 Å². The van der Waals surface area contributed by atoms with Crippen LogP contribution in [0.2, 0.25) is 0 Å². The van der Waals surface area contributed by atoms with Gasteiger partial charge in [0.2, 0.25) is 0 Å². The number of hydrogen-bond donors (Lipinski definition) is 1. The number of alkyl halides is 3. The quantitative estimate of drug-likeness (QED) is 0.794. The molecule has 0 bridgehead atoms. The molecule has 0 radical (unpaired) electrons. The molecule has 1 aromatic carbocycles. The molecule has 1 rings (SSSR count). The van der Waals surface area contributed by atoms with Gasteiger partial charge >= 0.3 is 6.18 Å². The third-order valence-corrected chi connectivity index (χ3v) is 2.73. The van der Waals surface area contributed by atoms with E-state index in [9.17, 15) is 13.2 Å². The van der Waals surface area contributed by atoms with Crippen molar-refractivity contribution in [3.8, 4) is 0 Å². The summed E-state index contributed by atoms with van der Waals surface area (Å²) in [5.74, 6) is 0. The van der Waals surface area contributed by atoms with Crippen molar-refractivity contribution >= 4 is 0 Å². The van der Waals surface area contributed by atoms with Crippen LogP contribution >= 0.6 is 0 Å². The van der Waals surface area contributed by atoms with Gasteiger partial charge in [0.15, 0.2) is 0 Å². The van der Waals surface area contributed by atoms with Crippen LogP contribution in [-0.2, 0) is 4.74 Å². The summed E-state index contributed by atoms with van der Waals surface area (Å²) < 4.78 is 40.9. The highest BCUT2D eigenvalue weighted by atomic mass is 19.4. The van der Waals surface area contributed by atoms with Gasteiger partial charge in [-0.2, -0.15) is 13.2 Å². The Labute approximate surface area is 105 Å². The topological polar surface area (TPSA) is 21.3 Å². The number of nitrogens with one attached hydrogen (secondary N) is 1. The van der Waals surface area contributed by atoms with Gasteiger partial charge in [0.25, 0.3) is 0 Å². The fourth-order valence-electron chi connectivity index (χ4n) is 1.70. The zero-order valence-corrected chi connectivity index (χ0v) is 10.6. The molecule has 5 heteroatoms. The lowest BCUT2D eigenvalue weighted by molar-refractivity contribution is -0.145. The molecule has 1 aromatic rings. The minimum atomic E-state index is -4.15. The molecule has 0 saturated carbocycles. The molecule has 0 aromatic heterocycles. The molecule has 0 saturated heterocycles. The fraction of sp³-hybridized carbons (Fsp3) is 0.538. The Morgan fingerprint density at radius 3 is 2.50 bits per heavy atom. The highest BCUT2D eigenvalue weighted by Gasteiger charge is 2.26. The van der Waals surface area contributed by atoms with Gasteiger partial charge in [-0.25, -0.2) is 0 Å². The average Bonchev–Trinajstić information content (AvgIpc) is 2.29. The van der Waals surface area contributed by atoms with Crippen molar-refractivity contribution in [3.63, 3.8) is 0 Å². The van der Waals surface area contributed by atoms with E-state index in [-0.39, 0.29) is 19.3 Å². The molecule has 0 amide bonds. The Bertz CT molecular complexity index is 365. The Kier molecular flexibility index (Phi) is 5.62. The molecule has 0 aliphatic heterocycles. The zero-order valence-electron chi connectivity index (χ0n) is 10.6. The molecule has 1 unspecified atom stereocenters. The lowest BCUT2D eigenvalue weighted by Crippen LogP contribution is -2.23. The number of rotatable bonds is 6. The molecule has 0 aliphatic rings. The van der Waals surface area contributed by atoms with Crippen LogP contribution in [0.3, 0.4) is 0 Å². The SMILES string of the molecule is CNC(COCCC(F)(F)F)c1ccccc1C. The number of benzene rings is 1. The van der Waals surface area contributed by atoms with Gasteiger partial charge in [-0.1, -0.05) is 24.3 Å². The number of ether oxygens (including phenoxy) is 1. The van der Waals surface area contributed by atoms with E-state index in [0.717, 1.165) is 11.1 Å². The number of likely N-dealkylation sites (N-methyl/N-ethyl adjacent to an activating group) is 1. The van der Waals surface area contributed by atoms with Crippen molar-refractivity contribution in [1.82, 2.24) is 5.32 Å². The Morgan fingerprint density at radius 1 is 1.28 bits per heavy atom. The van der Waals surface area contributed by atoms with Crippen molar-refractivity contribution < 1.29 is 17.9 Å². The van der Waals surface area contributed by atoms with E-state index in [0.29, 0.717) is 0 Å². The van der Waals surface area contributed by atoms with Crippen LogP contribution in [0.5, 0.6) is 0 Å². The molecule has 2 nitrogen and oxygen atoms in total. The van der Waals surface area contributed by atoms with Crippen molar-refractivity contribution in [3.05, 3.63) is 35.4 Å². The van der Waals surface area contributed by atoms with Gasteiger partial charge in [0.05, 0.1) is 25.7 Å². The second kappa shape index (κ2) is 6.75. The van der Waals surface area contributed by atoms with Gasteiger partial charge in [-0.05, 0) is 25.1 Å². The monoisotopic (exact) mass is 261 g/mol. The fourth-order valence-corrected chi connectivity index (χ4v) is 1.70. The van der Waals surface area contributed by atoms with E-state index in [1.165, 1.54) is 0 Å². The van der Waals surface area contributed by atoms with E-state index in [1.54, 1.807) is 7.05 Å². The van der Waals surface area contributed by atoms with Crippen LogP contribution in [0.1, 0.15) is 23.6 Å². The van der Waals surface area contributed by atoms with Crippen molar-refractivity contribution in [2.24, 2.45) is 0 Å². The first-order chi connectivity index (χ1) is 8.44. The summed E-state index contributed by atoms with van der Waals surface area (Å²) in [6.07, 6.45) is -5.06. The normalized spacial score (nSPS) is 13.6. The van der Waals surface area contributed by atoms with Crippen LogP contribution in [0, 0.1) is 6.92 Å². The summed E-state index contributed by atoms with van der Waals surface area (Å²) in [4.78, 5) is 0. The predicted molar refractivity (Wildman–Crippen MR) is 64.5 cm³/mol. The third-order valence-electron chi connectivity index (χ3n) is 2.73. The van der Waals surface area contributed by atoms with E-state index in [4.69, 9.17) is 4.74 Å². The van der Waals surface area contributed by atoms with Gasteiger partial charge in [-0.15, -0.1) is 0 Å². The molecular formula is C13H18F3NO. The van der Waals surface area contributed by atoms with E-state index in [2.05, 4.69) is 5.32 Å². The van der Waals surface area contributed by atoms with Crippen LogP contribution in [0.25, 0.3) is 0 Å². The first kappa shape index (κ1) is 15.0. The molecule has 1 atom stereocenters. The average molecular weight is 261 g/mol. The summed E-state index contributed by atoms with van der Waals surface area (Å²) in [6.45, 7) is 1.90. The van der Waals surface area contributed by atoms with Crippen molar-refractivity contribution in [2.45, 2.75) is 25.6 Å². The second-order valence-electron chi connectivity index (χ2n) is 4.14. The van der Waals surface area contributed by atoms with Crippen LogP contribution in [0.15, 0.2) is 24.3 Å². The van der Waals surface area contributed by atoms with E-state index >= 15 is 0 Å². The number of halogens is 3. The van der Waals surface area contributed by atoms with Crippen molar-refractivity contribution in [2.75, 3.05) is 20.3 Å². The summed E-state index contributed by atoms with van der Waals surface area (Å²) in [7, 11) is 1.77. The lowest BCUT2D eigenvalue weighted by atomic mass is 10.0. The predicted octanol–water partition coefficient (Wildman–Crippen LogP) is 3.22. The highest BCUT2D eigenvalue weighted by Crippen LogP contribution is 2.20. The van der Waals surface area contributed by atoms with Crippen LogP contribution in [-0.4, -0.2) is 26.4 Å². The Hall–Kier alpha value is -1.07. The summed E-state index contributed by atoms with van der Waals surface area (Å²) >= 11 is 0. The van der Waals surface area contributed by atoms with Crippen LogP contribution in [0.4, 0.5) is 13.2 Å². The maximum absolute atomic E-state index is 12.0. The molecule has 0 spiro atoms. The molecular weight excluding hydrogens is 243 g/mol. The summed E-state index contributed by atoms with van der Waals surface area (Å²) in [6, 6.07) is 7.66. The number of hydrogen-bond acceptors (Lipinski definition) is 2. The maximum Gasteiger partial charge on any atom is 0.391 e. The lowest BCUT2D eigenvalue weighted by Gasteiger charge is -2.19. The standard InChI is InChI=1S/C13H18F3NO/c1-10-5-3-4-6-11(10)12(17-2)9-18-8-7-13(14,15)16/h3-6,12,17H,7-9H2,1-2H3. The molecule has 1 N–H and O–H groups in total. The molecule has 0 heterocycles. The zero-order chi connectivity index (χ0) is 13.6. The van der Waals surface area contributed by atoms with Crippen LogP contribution < -0.4 is 5.32 Å². The minimum Gasteiger partial charge on any atom is -0.379 e. The maximum atomic E-state index is 12.0. The largest absolute Gasteiger partial charge is 0.391 e. The summed E-state index contributed by atoms with van der Waals surface area (Å²) in [5, 5.41) is 3.05. The molecule has 102 valence electrons. The highest BCUT2D eigenvalue weighted by molar-refractivity contribution is 5.28. The van der Waals surface area contributed by atoms with Crippen molar-refractivity contribution in [1.29, 1.82) is 0 Å². The first-order valence-corrected chi connectivity index (χ1v) is 5.81. The molecule has 0 aliphatic carbocycles. The van der Waals surface area contributed by atoms with E-state index in [1.807, 2.05) is 31.2 Å². The smallest absolute Gasteiger partial charge is 0.379 e. The summed E-state index contributed by atoms with van der Waals surface area (Å²) in [5.41, 5.74) is 2.14. The number of aryl methyl sites for hydroxylation is 1.